The van der Waals surface area contributed by atoms with Gasteiger partial charge in [-0.1, -0.05) is 6.07 Å². The molecule has 3 N–H and O–H groups in total. The highest BCUT2D eigenvalue weighted by Crippen LogP contribution is 2.21. The smallest absolute Gasteiger partial charge is 0.191 e. The van der Waals surface area contributed by atoms with E-state index in [9.17, 15) is 9.50 Å². The van der Waals surface area contributed by atoms with E-state index in [1.165, 1.54) is 13.2 Å². The van der Waals surface area contributed by atoms with Crippen LogP contribution < -0.4 is 15.4 Å². The number of pyridine rings is 1. The lowest BCUT2D eigenvalue weighted by molar-refractivity contribution is 0.187. The van der Waals surface area contributed by atoms with Gasteiger partial charge in [0.2, 0.25) is 0 Å². The van der Waals surface area contributed by atoms with Crippen LogP contribution in [-0.2, 0) is 0 Å². The van der Waals surface area contributed by atoms with Gasteiger partial charge >= 0.3 is 0 Å². The van der Waals surface area contributed by atoms with Crippen molar-refractivity contribution in [2.45, 2.75) is 26.0 Å². The second kappa shape index (κ2) is 11.7. The second-order valence-corrected chi connectivity index (χ2v) is 5.78. The van der Waals surface area contributed by atoms with E-state index in [0.717, 1.165) is 11.1 Å². The van der Waals surface area contributed by atoms with Crippen molar-refractivity contribution in [3.05, 3.63) is 59.7 Å². The molecular formula is C19H26FIN4O2. The monoisotopic (exact) mass is 488 g/mol. The van der Waals surface area contributed by atoms with Crippen LogP contribution in [0, 0.1) is 5.82 Å². The van der Waals surface area contributed by atoms with E-state index in [1.54, 1.807) is 36.7 Å². The van der Waals surface area contributed by atoms with Crippen LogP contribution in [0.5, 0.6) is 5.75 Å². The molecule has 27 heavy (non-hydrogen) atoms. The number of nitrogens with zero attached hydrogens (tertiary/aromatic N) is 2. The lowest BCUT2D eigenvalue weighted by Crippen LogP contribution is -2.39. The minimum absolute atomic E-state index is 0. The molecule has 8 heteroatoms. The Hall–Kier alpha value is -1.94. The van der Waals surface area contributed by atoms with Crippen molar-refractivity contribution in [2.75, 3.05) is 20.2 Å². The van der Waals surface area contributed by atoms with Crippen LogP contribution in [0.4, 0.5) is 4.39 Å². The maximum Gasteiger partial charge on any atom is 0.191 e. The van der Waals surface area contributed by atoms with Gasteiger partial charge in [0, 0.05) is 18.9 Å². The van der Waals surface area contributed by atoms with Gasteiger partial charge in [-0.2, -0.15) is 0 Å². The summed E-state index contributed by atoms with van der Waals surface area (Å²) < 4.78 is 18.8. The van der Waals surface area contributed by atoms with Crippen molar-refractivity contribution in [3.8, 4) is 5.75 Å². The molecular weight excluding hydrogens is 462 g/mol. The number of guanidine groups is 1. The number of rotatable bonds is 7. The molecule has 1 heterocycles. The number of nitrogens with one attached hydrogen (secondary N) is 2. The van der Waals surface area contributed by atoms with Crippen LogP contribution in [0.2, 0.25) is 0 Å². The first-order chi connectivity index (χ1) is 12.5. The summed E-state index contributed by atoms with van der Waals surface area (Å²) in [5, 5.41) is 16.6. The fourth-order valence-electron chi connectivity index (χ4n) is 2.43. The maximum atomic E-state index is 13.9. The molecule has 0 aliphatic rings. The SMILES string of the molecule is CCNC(=NCC(O)c1ccncc1)NC(C)c1ccc(OC)c(F)c1.I. The molecule has 148 valence electrons. The second-order valence-electron chi connectivity index (χ2n) is 5.78. The molecule has 0 aliphatic carbocycles. The third kappa shape index (κ3) is 6.94. The first kappa shape index (κ1) is 23.1. The van der Waals surface area contributed by atoms with Gasteiger partial charge in [0.25, 0.3) is 0 Å². The Morgan fingerprint density at radius 2 is 1.96 bits per heavy atom. The van der Waals surface area contributed by atoms with E-state index >= 15 is 0 Å². The van der Waals surface area contributed by atoms with Crippen molar-refractivity contribution in [3.63, 3.8) is 0 Å². The summed E-state index contributed by atoms with van der Waals surface area (Å²) in [5.41, 5.74) is 1.52. The number of hydrogen-bond acceptors (Lipinski definition) is 4. The summed E-state index contributed by atoms with van der Waals surface area (Å²) in [6.07, 6.45) is 2.54. The van der Waals surface area contributed by atoms with E-state index in [0.29, 0.717) is 12.5 Å². The zero-order valence-electron chi connectivity index (χ0n) is 15.6. The first-order valence-corrected chi connectivity index (χ1v) is 8.51. The van der Waals surface area contributed by atoms with Gasteiger partial charge in [-0.15, -0.1) is 24.0 Å². The number of hydrogen-bond donors (Lipinski definition) is 3. The average Bonchev–Trinajstić information content (AvgIpc) is 2.66. The quantitative estimate of drug-likeness (QED) is 0.317. The third-order valence-corrected chi connectivity index (χ3v) is 3.89. The van der Waals surface area contributed by atoms with Gasteiger partial charge in [-0.25, -0.2) is 4.39 Å². The summed E-state index contributed by atoms with van der Waals surface area (Å²) in [6, 6.07) is 8.17. The summed E-state index contributed by atoms with van der Waals surface area (Å²) in [4.78, 5) is 8.35. The Labute approximate surface area is 176 Å². The Morgan fingerprint density at radius 3 is 2.56 bits per heavy atom. The normalized spacial score (nSPS) is 13.3. The number of benzene rings is 1. The maximum absolute atomic E-state index is 13.9. The Kier molecular flexibility index (Phi) is 10.0. The van der Waals surface area contributed by atoms with E-state index in [2.05, 4.69) is 20.6 Å². The molecule has 2 unspecified atom stereocenters. The predicted octanol–water partition coefficient (Wildman–Crippen LogP) is 3.20. The fourth-order valence-corrected chi connectivity index (χ4v) is 2.43. The minimum Gasteiger partial charge on any atom is -0.494 e. The van der Waals surface area contributed by atoms with Crippen LogP contribution in [-0.4, -0.2) is 36.2 Å². The molecule has 2 atom stereocenters. The largest absolute Gasteiger partial charge is 0.494 e. The fraction of sp³-hybridized carbons (Fsp3) is 0.368. The van der Waals surface area contributed by atoms with E-state index in [-0.39, 0.29) is 42.3 Å². The van der Waals surface area contributed by atoms with Gasteiger partial charge in [0.1, 0.15) is 0 Å². The van der Waals surface area contributed by atoms with Crippen molar-refractivity contribution in [1.82, 2.24) is 15.6 Å². The molecule has 2 aromatic rings. The Bertz CT molecular complexity index is 731. The van der Waals surface area contributed by atoms with Gasteiger partial charge in [0.05, 0.1) is 25.8 Å². The molecule has 1 aromatic heterocycles. The average molecular weight is 488 g/mol. The zero-order chi connectivity index (χ0) is 18.9. The topological polar surface area (TPSA) is 78.8 Å². The van der Waals surface area contributed by atoms with Crippen LogP contribution >= 0.6 is 24.0 Å². The number of aliphatic hydroxyl groups excluding tert-OH is 1. The van der Waals surface area contributed by atoms with E-state index in [1.807, 2.05) is 13.8 Å². The molecule has 6 nitrogen and oxygen atoms in total. The van der Waals surface area contributed by atoms with E-state index < -0.39 is 11.9 Å². The summed E-state index contributed by atoms with van der Waals surface area (Å²) in [6.45, 7) is 4.73. The highest BCUT2D eigenvalue weighted by atomic mass is 127. The predicted molar refractivity (Wildman–Crippen MR) is 115 cm³/mol. The molecule has 2 rings (SSSR count). The number of aliphatic imine (C=N–C) groups is 1. The first-order valence-electron chi connectivity index (χ1n) is 8.51. The number of halogens is 2. The van der Waals surface area contributed by atoms with Crippen LogP contribution in [0.3, 0.4) is 0 Å². The van der Waals surface area contributed by atoms with Crippen molar-refractivity contribution in [2.24, 2.45) is 4.99 Å². The molecule has 0 amide bonds. The molecule has 0 fully saturated rings. The summed E-state index contributed by atoms with van der Waals surface area (Å²) >= 11 is 0. The van der Waals surface area contributed by atoms with Crippen molar-refractivity contribution < 1.29 is 14.2 Å². The van der Waals surface area contributed by atoms with Crippen molar-refractivity contribution in [1.29, 1.82) is 0 Å². The Balaban J connectivity index is 0.00000364. The minimum atomic E-state index is -0.720. The van der Waals surface area contributed by atoms with Crippen LogP contribution in [0.15, 0.2) is 47.7 Å². The van der Waals surface area contributed by atoms with E-state index in [4.69, 9.17) is 4.74 Å². The molecule has 0 spiro atoms. The lowest BCUT2D eigenvalue weighted by Gasteiger charge is -2.19. The molecule has 0 radical (unpaired) electrons. The number of aliphatic hydroxyl groups is 1. The Morgan fingerprint density at radius 1 is 1.26 bits per heavy atom. The number of aromatic nitrogens is 1. The molecule has 0 bridgehead atoms. The highest BCUT2D eigenvalue weighted by Gasteiger charge is 2.12. The van der Waals surface area contributed by atoms with Crippen molar-refractivity contribution >= 4 is 29.9 Å². The number of methoxy groups -OCH3 is 1. The van der Waals surface area contributed by atoms with Crippen LogP contribution in [0.1, 0.15) is 37.1 Å². The van der Waals surface area contributed by atoms with Gasteiger partial charge in [-0.05, 0) is 49.2 Å². The zero-order valence-corrected chi connectivity index (χ0v) is 18.0. The highest BCUT2D eigenvalue weighted by molar-refractivity contribution is 14.0. The van der Waals surface area contributed by atoms with Crippen LogP contribution in [0.25, 0.3) is 0 Å². The lowest BCUT2D eigenvalue weighted by atomic mass is 10.1. The summed E-state index contributed by atoms with van der Waals surface area (Å²) in [7, 11) is 1.43. The standard InChI is InChI=1S/C19H25FN4O2.HI/c1-4-22-19(23-12-17(25)14-7-9-21-10-8-14)24-13(2)15-5-6-18(26-3)16(20)11-15;/h5-11,13,17,25H,4,12H2,1-3H3,(H2,22,23,24);1H. The van der Waals surface area contributed by atoms with Gasteiger partial charge in [-0.3, -0.25) is 9.98 Å². The molecule has 0 aliphatic heterocycles. The molecule has 0 saturated heterocycles. The molecule has 0 saturated carbocycles. The summed E-state index contributed by atoms with van der Waals surface area (Å²) in [5.74, 6) is 0.347. The molecule has 1 aromatic carbocycles. The number of ether oxygens (including phenoxy) is 1. The van der Waals surface area contributed by atoms with Gasteiger partial charge < -0.3 is 20.5 Å². The van der Waals surface area contributed by atoms with Gasteiger partial charge in [0.15, 0.2) is 17.5 Å². The third-order valence-electron chi connectivity index (χ3n) is 3.89.